The number of aromatic nitrogens is 2. The van der Waals surface area contributed by atoms with Crippen molar-refractivity contribution < 1.29 is 19.1 Å². The number of nitrogens with zero attached hydrogens (tertiary/aromatic N) is 3. The number of benzene rings is 1. The number of methoxy groups -OCH3 is 1. The van der Waals surface area contributed by atoms with Crippen LogP contribution in [0.5, 0.6) is 0 Å². The Kier molecular flexibility index (Phi) is 5.51. The number of esters is 1. The van der Waals surface area contributed by atoms with Gasteiger partial charge < -0.3 is 10.1 Å². The monoisotopic (exact) mass is 444 g/mol. The zero-order valence-corrected chi connectivity index (χ0v) is 18.5. The summed E-state index contributed by atoms with van der Waals surface area (Å²) in [5, 5.41) is 7.81. The summed E-state index contributed by atoms with van der Waals surface area (Å²) in [6.45, 7) is 3.67. The molecule has 164 valence electrons. The topological polar surface area (TPSA) is 93.5 Å². The highest BCUT2D eigenvalue weighted by Gasteiger charge is 2.50. The molecule has 1 fully saturated rings. The molecule has 2 aromatic rings. The molecule has 0 bridgehead atoms. The molecule has 9 heteroatoms. The van der Waals surface area contributed by atoms with Crippen LogP contribution in [0.1, 0.15) is 59.1 Å². The van der Waals surface area contributed by atoms with E-state index in [1.807, 2.05) is 13.0 Å². The Morgan fingerprint density at radius 2 is 1.97 bits per heavy atom. The molecule has 1 N–H and O–H groups in total. The lowest BCUT2D eigenvalue weighted by molar-refractivity contribution is -0.127. The summed E-state index contributed by atoms with van der Waals surface area (Å²) in [4.78, 5) is 40.7. The van der Waals surface area contributed by atoms with Crippen LogP contribution in [0.4, 0.5) is 5.69 Å². The quantitative estimate of drug-likeness (QED) is 0.731. The number of rotatable bonds is 4. The summed E-state index contributed by atoms with van der Waals surface area (Å²) < 4.78 is 6.16. The fourth-order valence-corrected chi connectivity index (χ4v) is 4.56. The molecule has 1 atom stereocenters. The van der Waals surface area contributed by atoms with Crippen molar-refractivity contribution >= 4 is 35.1 Å². The number of fused-ring (bicyclic) bond motifs is 1. The highest BCUT2D eigenvalue weighted by molar-refractivity contribution is 6.31. The Labute approximate surface area is 185 Å². The van der Waals surface area contributed by atoms with E-state index in [1.54, 1.807) is 19.1 Å². The van der Waals surface area contributed by atoms with Crippen molar-refractivity contribution in [2.45, 2.75) is 57.7 Å². The fourth-order valence-electron chi connectivity index (χ4n) is 4.40. The standard InChI is InChI=1S/C22H25ClN4O4/c1-13-8-9-14(23)10-17(13)27-19(28)18-11-16(20(29)31-3)25-26(18)12-22(27,2)21(30)24-15-6-4-5-7-15/h8-11,15H,4-7,12H2,1-3H3,(H,24,30)/t22-/m0/s1. The number of anilines is 1. The van der Waals surface area contributed by atoms with Crippen molar-refractivity contribution in [3.8, 4) is 0 Å². The van der Waals surface area contributed by atoms with Gasteiger partial charge in [-0.15, -0.1) is 0 Å². The van der Waals surface area contributed by atoms with Gasteiger partial charge in [-0.2, -0.15) is 5.10 Å². The molecule has 1 saturated carbocycles. The van der Waals surface area contributed by atoms with Gasteiger partial charge in [-0.3, -0.25) is 19.2 Å². The molecule has 0 saturated heterocycles. The second kappa shape index (κ2) is 8.00. The van der Waals surface area contributed by atoms with Crippen LogP contribution in [0.25, 0.3) is 0 Å². The van der Waals surface area contributed by atoms with E-state index < -0.39 is 17.4 Å². The molecule has 1 aromatic heterocycles. The van der Waals surface area contributed by atoms with Crippen LogP contribution < -0.4 is 10.2 Å². The van der Waals surface area contributed by atoms with Gasteiger partial charge in [0, 0.05) is 22.8 Å². The number of ether oxygens (including phenoxy) is 1. The number of hydrogen-bond donors (Lipinski definition) is 1. The molecule has 2 aliphatic rings. The van der Waals surface area contributed by atoms with Crippen LogP contribution in [0.2, 0.25) is 5.02 Å². The van der Waals surface area contributed by atoms with Gasteiger partial charge in [0.2, 0.25) is 5.91 Å². The molecule has 0 unspecified atom stereocenters. The molecular formula is C22H25ClN4O4. The normalized spacial score (nSPS) is 21.2. The van der Waals surface area contributed by atoms with Crippen LogP contribution in [-0.2, 0) is 16.1 Å². The van der Waals surface area contributed by atoms with Gasteiger partial charge in [0.1, 0.15) is 11.2 Å². The lowest BCUT2D eigenvalue weighted by atomic mass is 9.92. The van der Waals surface area contributed by atoms with Crippen molar-refractivity contribution in [1.82, 2.24) is 15.1 Å². The maximum atomic E-state index is 13.7. The summed E-state index contributed by atoms with van der Waals surface area (Å²) in [7, 11) is 1.25. The van der Waals surface area contributed by atoms with Gasteiger partial charge in [-0.05, 0) is 44.4 Å². The Hall–Kier alpha value is -2.87. The Morgan fingerprint density at radius 1 is 1.26 bits per heavy atom. The van der Waals surface area contributed by atoms with E-state index in [0.29, 0.717) is 10.7 Å². The second-order valence-electron chi connectivity index (χ2n) is 8.36. The lowest BCUT2D eigenvalue weighted by Gasteiger charge is -2.44. The Morgan fingerprint density at radius 3 is 2.65 bits per heavy atom. The summed E-state index contributed by atoms with van der Waals surface area (Å²) in [6, 6.07) is 6.72. The van der Waals surface area contributed by atoms with Crippen LogP contribution in [0.15, 0.2) is 24.3 Å². The minimum Gasteiger partial charge on any atom is -0.464 e. The average Bonchev–Trinajstić information content (AvgIpc) is 3.39. The van der Waals surface area contributed by atoms with Crippen molar-refractivity contribution in [3.05, 3.63) is 46.2 Å². The minimum atomic E-state index is -1.26. The van der Waals surface area contributed by atoms with Crippen LogP contribution >= 0.6 is 11.6 Å². The fraction of sp³-hybridized carbons (Fsp3) is 0.455. The second-order valence-corrected chi connectivity index (χ2v) is 8.80. The van der Waals surface area contributed by atoms with Crippen molar-refractivity contribution in [2.75, 3.05) is 12.0 Å². The van der Waals surface area contributed by atoms with E-state index in [9.17, 15) is 14.4 Å². The number of halogens is 1. The molecule has 2 heterocycles. The van der Waals surface area contributed by atoms with E-state index in [1.165, 1.54) is 22.8 Å². The predicted molar refractivity (Wildman–Crippen MR) is 115 cm³/mol. The van der Waals surface area contributed by atoms with Gasteiger partial charge in [0.25, 0.3) is 5.91 Å². The first-order valence-corrected chi connectivity index (χ1v) is 10.7. The first-order valence-electron chi connectivity index (χ1n) is 10.3. The van der Waals surface area contributed by atoms with Gasteiger partial charge >= 0.3 is 5.97 Å². The van der Waals surface area contributed by atoms with E-state index in [2.05, 4.69) is 10.4 Å². The minimum absolute atomic E-state index is 0.0223. The van der Waals surface area contributed by atoms with Crippen LogP contribution in [-0.4, -0.2) is 46.3 Å². The smallest absolute Gasteiger partial charge is 0.358 e. The highest BCUT2D eigenvalue weighted by Crippen LogP contribution is 2.36. The zero-order valence-electron chi connectivity index (χ0n) is 17.8. The molecule has 1 aliphatic heterocycles. The molecule has 1 aliphatic carbocycles. The van der Waals surface area contributed by atoms with E-state index in [0.717, 1.165) is 31.2 Å². The first kappa shape index (κ1) is 21.4. The summed E-state index contributed by atoms with van der Waals surface area (Å²) >= 11 is 6.24. The third kappa shape index (κ3) is 3.69. The molecule has 2 amide bonds. The zero-order chi connectivity index (χ0) is 22.3. The number of hydrogen-bond acceptors (Lipinski definition) is 5. The lowest BCUT2D eigenvalue weighted by Crippen LogP contribution is -2.65. The van der Waals surface area contributed by atoms with E-state index >= 15 is 0 Å². The molecule has 0 radical (unpaired) electrons. The summed E-state index contributed by atoms with van der Waals surface area (Å²) in [5.74, 6) is -1.33. The molecule has 31 heavy (non-hydrogen) atoms. The van der Waals surface area contributed by atoms with Gasteiger partial charge in [0.15, 0.2) is 5.69 Å². The summed E-state index contributed by atoms with van der Waals surface area (Å²) in [6.07, 6.45) is 3.99. The van der Waals surface area contributed by atoms with E-state index in [4.69, 9.17) is 16.3 Å². The summed E-state index contributed by atoms with van der Waals surface area (Å²) in [5.41, 5.74) is 0.328. The van der Waals surface area contributed by atoms with Gasteiger partial charge in [-0.1, -0.05) is 30.5 Å². The highest BCUT2D eigenvalue weighted by atomic mass is 35.5. The third-order valence-corrected chi connectivity index (χ3v) is 6.37. The number of carbonyl (C=O) groups is 3. The molecule has 8 nitrogen and oxygen atoms in total. The maximum absolute atomic E-state index is 13.7. The van der Waals surface area contributed by atoms with Crippen LogP contribution in [0, 0.1) is 6.92 Å². The van der Waals surface area contributed by atoms with Crippen molar-refractivity contribution in [3.63, 3.8) is 0 Å². The number of aryl methyl sites for hydroxylation is 1. The van der Waals surface area contributed by atoms with Crippen molar-refractivity contribution in [2.24, 2.45) is 0 Å². The SMILES string of the molecule is COC(=O)c1cc2n(n1)C[C@@](C)(C(=O)NC1CCCC1)N(c1cc(Cl)ccc1C)C2=O. The Balaban J connectivity index is 1.82. The molecule has 4 rings (SSSR count). The van der Waals surface area contributed by atoms with Gasteiger partial charge in [-0.25, -0.2) is 4.79 Å². The maximum Gasteiger partial charge on any atom is 0.358 e. The first-order chi connectivity index (χ1) is 14.7. The van der Waals surface area contributed by atoms with Crippen molar-refractivity contribution in [1.29, 1.82) is 0 Å². The third-order valence-electron chi connectivity index (χ3n) is 6.14. The average molecular weight is 445 g/mol. The molecule has 1 aromatic carbocycles. The number of carbonyl (C=O) groups excluding carboxylic acids is 3. The predicted octanol–water partition coefficient (Wildman–Crippen LogP) is 3.11. The van der Waals surface area contributed by atoms with Gasteiger partial charge in [0.05, 0.1) is 13.7 Å². The number of nitrogens with one attached hydrogen (secondary N) is 1. The Bertz CT molecular complexity index is 1060. The molecular weight excluding hydrogens is 420 g/mol. The van der Waals surface area contributed by atoms with Crippen LogP contribution in [0.3, 0.4) is 0 Å². The largest absolute Gasteiger partial charge is 0.464 e. The molecule has 0 spiro atoms. The number of amides is 2. The van der Waals surface area contributed by atoms with E-state index in [-0.39, 0.29) is 29.9 Å².